The second kappa shape index (κ2) is 12.1. The van der Waals surface area contributed by atoms with Crippen LogP contribution in [-0.4, -0.2) is 48.9 Å². The summed E-state index contributed by atoms with van der Waals surface area (Å²) in [6.07, 6.45) is 4.59. The molecule has 1 aliphatic rings. The molecule has 2 N–H and O–H groups in total. The van der Waals surface area contributed by atoms with Crippen LogP contribution in [0.25, 0.3) is 21.5 Å². The number of hydrogen-bond acceptors (Lipinski definition) is 7. The first kappa shape index (κ1) is 30.1. The van der Waals surface area contributed by atoms with Crippen molar-refractivity contribution >= 4 is 40.1 Å². The van der Waals surface area contributed by atoms with Crippen molar-refractivity contribution in [3.8, 4) is 16.5 Å². The van der Waals surface area contributed by atoms with Gasteiger partial charge in [-0.3, -0.25) is 14.9 Å². The van der Waals surface area contributed by atoms with Crippen molar-refractivity contribution in [3.05, 3.63) is 76.7 Å². The summed E-state index contributed by atoms with van der Waals surface area (Å²) in [4.78, 5) is 38.0. The number of nitrogens with zero attached hydrogens (tertiary/aromatic N) is 5. The zero-order chi connectivity index (χ0) is 30.9. The number of imidazole rings is 1. The van der Waals surface area contributed by atoms with Gasteiger partial charge in [-0.1, -0.05) is 26.0 Å². The summed E-state index contributed by atoms with van der Waals surface area (Å²) >= 11 is 1.22. The number of amides is 2. The number of carbonyl (C=O) groups excluding carboxylic acids is 2. The SMILES string of the molecule is CC(C)C=C(C#N)C(=O)N1CCCC1Cn1c(NC(=O)c2ccc(-c3ccnc(F)c3)s2)nc2cc(C(C)(C)O)ccc21. The zero-order valence-electron chi connectivity index (χ0n) is 24.5. The number of nitrogens with one attached hydrogen (secondary N) is 1. The monoisotopic (exact) mass is 600 g/mol. The van der Waals surface area contributed by atoms with E-state index in [2.05, 4.69) is 16.4 Å². The molecule has 0 spiro atoms. The van der Waals surface area contributed by atoms with Crippen LogP contribution in [0.1, 0.15) is 55.8 Å². The molecule has 0 aliphatic carbocycles. The number of nitriles is 1. The molecule has 9 nitrogen and oxygen atoms in total. The fourth-order valence-corrected chi connectivity index (χ4v) is 6.17. The third-order valence-corrected chi connectivity index (χ3v) is 8.54. The average Bonchev–Trinajstić information content (AvgIpc) is 3.70. The van der Waals surface area contributed by atoms with E-state index in [-0.39, 0.29) is 29.3 Å². The van der Waals surface area contributed by atoms with Crippen LogP contribution in [0.4, 0.5) is 10.3 Å². The number of benzene rings is 1. The van der Waals surface area contributed by atoms with Gasteiger partial charge in [0.05, 0.1) is 27.6 Å². The number of allylic oxidation sites excluding steroid dienone is 1. The number of anilines is 1. The molecule has 0 radical (unpaired) electrons. The van der Waals surface area contributed by atoms with E-state index in [4.69, 9.17) is 4.98 Å². The summed E-state index contributed by atoms with van der Waals surface area (Å²) in [5.74, 6) is -0.917. The Morgan fingerprint density at radius 1 is 1.26 bits per heavy atom. The minimum Gasteiger partial charge on any atom is -0.386 e. The highest BCUT2D eigenvalue weighted by molar-refractivity contribution is 7.17. The van der Waals surface area contributed by atoms with E-state index >= 15 is 0 Å². The first-order chi connectivity index (χ1) is 20.4. The molecule has 43 heavy (non-hydrogen) atoms. The number of aliphatic hydroxyl groups is 1. The van der Waals surface area contributed by atoms with Crippen LogP contribution in [0.15, 0.2) is 60.3 Å². The largest absolute Gasteiger partial charge is 0.386 e. The van der Waals surface area contributed by atoms with Gasteiger partial charge in [-0.25, -0.2) is 9.97 Å². The van der Waals surface area contributed by atoms with E-state index in [1.165, 1.54) is 23.6 Å². The van der Waals surface area contributed by atoms with Crippen LogP contribution in [-0.2, 0) is 16.9 Å². The molecule has 1 unspecified atom stereocenters. The topological polar surface area (TPSA) is 124 Å². The Morgan fingerprint density at radius 2 is 2.05 bits per heavy atom. The molecule has 1 aliphatic heterocycles. The third-order valence-electron chi connectivity index (χ3n) is 7.40. The lowest BCUT2D eigenvalue weighted by molar-refractivity contribution is -0.127. The lowest BCUT2D eigenvalue weighted by Crippen LogP contribution is -2.39. The maximum atomic E-state index is 13.7. The Labute approximate surface area is 253 Å². The van der Waals surface area contributed by atoms with E-state index < -0.39 is 11.5 Å². The molecular weight excluding hydrogens is 567 g/mol. The first-order valence-electron chi connectivity index (χ1n) is 14.1. The minimum absolute atomic E-state index is 0.0550. The van der Waals surface area contributed by atoms with Crippen LogP contribution < -0.4 is 5.32 Å². The molecule has 1 saturated heterocycles. The number of likely N-dealkylation sites (tertiary alicyclic amines) is 1. The third kappa shape index (κ3) is 6.50. The van der Waals surface area contributed by atoms with Crippen LogP contribution in [0.5, 0.6) is 0 Å². The molecule has 1 aromatic carbocycles. The fraction of sp³-hybridized carbons (Fsp3) is 0.344. The summed E-state index contributed by atoms with van der Waals surface area (Å²) < 4.78 is 15.5. The molecule has 11 heteroatoms. The van der Waals surface area contributed by atoms with Crippen molar-refractivity contribution < 1.29 is 19.1 Å². The standard InChI is InChI=1S/C32H33FN6O3S/c1-19(2)14-21(17-34)30(41)38-13-5-6-23(38)18-39-25-8-7-22(32(3,4)42)16-24(25)36-31(39)37-29(40)27-10-9-26(43-27)20-11-12-35-28(33)15-20/h7-12,14-16,19,23,42H,5-6,13,18H2,1-4H3,(H,36,37,40). The Hall–Kier alpha value is -4.40. The first-order valence-corrected chi connectivity index (χ1v) is 15.0. The van der Waals surface area contributed by atoms with Crippen molar-refractivity contribution in [1.29, 1.82) is 5.26 Å². The highest BCUT2D eigenvalue weighted by Gasteiger charge is 2.32. The molecule has 5 rings (SSSR count). The van der Waals surface area contributed by atoms with Crippen LogP contribution in [0.2, 0.25) is 0 Å². The summed E-state index contributed by atoms with van der Waals surface area (Å²) in [6.45, 7) is 8.11. The van der Waals surface area contributed by atoms with E-state index in [1.807, 2.05) is 30.5 Å². The molecule has 0 saturated carbocycles. The van der Waals surface area contributed by atoms with Gasteiger partial charge in [-0.2, -0.15) is 9.65 Å². The Morgan fingerprint density at radius 3 is 2.74 bits per heavy atom. The molecule has 4 heterocycles. The quantitative estimate of drug-likeness (QED) is 0.148. The summed E-state index contributed by atoms with van der Waals surface area (Å²) in [5, 5.41) is 23.2. The van der Waals surface area contributed by atoms with Crippen molar-refractivity contribution in [2.75, 3.05) is 11.9 Å². The zero-order valence-corrected chi connectivity index (χ0v) is 25.3. The summed E-state index contributed by atoms with van der Waals surface area (Å²) in [5.41, 5.74) is 1.65. The number of fused-ring (bicyclic) bond motifs is 1. The molecular formula is C32H33FN6O3S. The predicted molar refractivity (Wildman–Crippen MR) is 164 cm³/mol. The van der Waals surface area contributed by atoms with Crippen LogP contribution >= 0.6 is 11.3 Å². The lowest BCUT2D eigenvalue weighted by Gasteiger charge is -2.26. The fourth-order valence-electron chi connectivity index (χ4n) is 5.27. The Kier molecular flexibility index (Phi) is 8.44. The van der Waals surface area contributed by atoms with Crippen LogP contribution in [0, 0.1) is 23.2 Å². The highest BCUT2D eigenvalue weighted by Crippen LogP contribution is 2.31. The van der Waals surface area contributed by atoms with E-state index in [0.717, 1.165) is 23.2 Å². The summed E-state index contributed by atoms with van der Waals surface area (Å²) in [7, 11) is 0. The summed E-state index contributed by atoms with van der Waals surface area (Å²) in [6, 6.07) is 13.7. The molecule has 222 valence electrons. The molecule has 1 atom stereocenters. The maximum Gasteiger partial charge on any atom is 0.268 e. The van der Waals surface area contributed by atoms with Gasteiger partial charge in [0.1, 0.15) is 11.6 Å². The van der Waals surface area contributed by atoms with Crippen molar-refractivity contribution in [1.82, 2.24) is 19.4 Å². The van der Waals surface area contributed by atoms with E-state index in [0.29, 0.717) is 40.6 Å². The van der Waals surface area contributed by atoms with Gasteiger partial charge in [0.25, 0.3) is 11.8 Å². The van der Waals surface area contributed by atoms with E-state index in [9.17, 15) is 24.3 Å². The van der Waals surface area contributed by atoms with Crippen molar-refractivity contribution in [2.24, 2.45) is 5.92 Å². The molecule has 1 fully saturated rings. The maximum absolute atomic E-state index is 13.7. The lowest BCUT2D eigenvalue weighted by atomic mass is 9.98. The number of hydrogen-bond donors (Lipinski definition) is 2. The highest BCUT2D eigenvalue weighted by atomic mass is 32.1. The smallest absolute Gasteiger partial charge is 0.268 e. The van der Waals surface area contributed by atoms with Crippen molar-refractivity contribution in [3.63, 3.8) is 0 Å². The van der Waals surface area contributed by atoms with E-state index in [1.54, 1.807) is 49.1 Å². The van der Waals surface area contributed by atoms with Gasteiger partial charge in [0, 0.05) is 30.2 Å². The molecule has 3 aromatic heterocycles. The van der Waals surface area contributed by atoms with Gasteiger partial charge >= 0.3 is 0 Å². The van der Waals surface area contributed by atoms with Gasteiger partial charge in [0.2, 0.25) is 11.9 Å². The number of thiophene rings is 1. The molecule has 2 amide bonds. The second-order valence-electron chi connectivity index (χ2n) is 11.5. The van der Waals surface area contributed by atoms with Crippen LogP contribution in [0.3, 0.4) is 0 Å². The number of carbonyl (C=O) groups is 2. The van der Waals surface area contributed by atoms with Gasteiger partial charge in [-0.15, -0.1) is 11.3 Å². The number of pyridine rings is 1. The number of rotatable bonds is 8. The molecule has 4 aromatic rings. The minimum atomic E-state index is -1.09. The normalized spacial score (nSPS) is 15.7. The van der Waals surface area contributed by atoms with Gasteiger partial charge < -0.3 is 14.6 Å². The number of aromatic nitrogens is 3. The second-order valence-corrected chi connectivity index (χ2v) is 12.6. The predicted octanol–water partition coefficient (Wildman–Crippen LogP) is 5.88. The van der Waals surface area contributed by atoms with Gasteiger partial charge in [0.15, 0.2) is 0 Å². The van der Waals surface area contributed by atoms with Crippen molar-refractivity contribution in [2.45, 2.75) is 58.7 Å². The molecule has 0 bridgehead atoms. The Bertz CT molecular complexity index is 1760. The Balaban J connectivity index is 1.48. The van der Waals surface area contributed by atoms with Gasteiger partial charge in [-0.05, 0) is 74.1 Å². The number of halogens is 1. The average molecular weight is 601 g/mol.